The molecular formula is C46H32N4S. The predicted octanol–water partition coefficient (Wildman–Crippen LogP) is 11.9. The summed E-state index contributed by atoms with van der Waals surface area (Å²) in [4.78, 5) is 14.3. The maximum Gasteiger partial charge on any atom is 0.161 e. The molecular weight excluding hydrogens is 641 g/mol. The Hall–Kier alpha value is -6.43. The number of hydrogen-bond donors (Lipinski definition) is 0. The average molecular weight is 673 g/mol. The first-order valence-corrected chi connectivity index (χ1v) is 17.8. The second-order valence-corrected chi connectivity index (χ2v) is 13.6. The van der Waals surface area contributed by atoms with Crippen LogP contribution in [0, 0.1) is 0 Å². The predicted molar refractivity (Wildman–Crippen MR) is 218 cm³/mol. The van der Waals surface area contributed by atoms with Gasteiger partial charge in [0, 0.05) is 47.8 Å². The van der Waals surface area contributed by atoms with Crippen molar-refractivity contribution in [2.75, 3.05) is 0 Å². The zero-order valence-corrected chi connectivity index (χ0v) is 28.6. The third-order valence-electron chi connectivity index (χ3n) is 9.38. The highest BCUT2D eigenvalue weighted by atomic mass is 32.1. The van der Waals surface area contributed by atoms with Gasteiger partial charge in [0.15, 0.2) is 11.7 Å². The lowest BCUT2D eigenvalue weighted by atomic mass is 10.0. The fourth-order valence-corrected chi connectivity index (χ4v) is 8.07. The number of nitrogens with zero attached hydrogens (tertiary/aromatic N) is 4. The number of para-hydroxylation sites is 1. The molecule has 5 heteroatoms. The van der Waals surface area contributed by atoms with Crippen LogP contribution in [0.25, 0.3) is 58.8 Å². The van der Waals surface area contributed by atoms with Crippen molar-refractivity contribution in [3.8, 4) is 16.8 Å². The van der Waals surface area contributed by atoms with Gasteiger partial charge in [0.1, 0.15) is 0 Å². The van der Waals surface area contributed by atoms with E-state index in [2.05, 4.69) is 132 Å². The van der Waals surface area contributed by atoms with Gasteiger partial charge in [-0.2, -0.15) is 0 Å². The normalized spacial score (nSPS) is 12.3. The molecule has 0 bridgehead atoms. The van der Waals surface area contributed by atoms with Crippen LogP contribution in [0.15, 0.2) is 185 Å². The van der Waals surface area contributed by atoms with Gasteiger partial charge in [0.25, 0.3) is 0 Å². The Morgan fingerprint density at radius 2 is 1.20 bits per heavy atom. The number of rotatable bonds is 6. The van der Waals surface area contributed by atoms with Gasteiger partial charge >= 0.3 is 0 Å². The molecule has 0 saturated heterocycles. The van der Waals surface area contributed by atoms with Crippen molar-refractivity contribution in [3.63, 3.8) is 0 Å². The maximum absolute atomic E-state index is 4.99. The van der Waals surface area contributed by atoms with E-state index in [-0.39, 0.29) is 0 Å². The Bertz CT molecular complexity index is 2790. The van der Waals surface area contributed by atoms with E-state index in [0.717, 1.165) is 33.5 Å². The van der Waals surface area contributed by atoms with Crippen molar-refractivity contribution in [3.05, 3.63) is 187 Å². The number of fused-ring (bicyclic) bond motifs is 6. The Morgan fingerprint density at radius 3 is 2.02 bits per heavy atom. The van der Waals surface area contributed by atoms with Crippen LogP contribution in [0.1, 0.15) is 16.7 Å². The summed E-state index contributed by atoms with van der Waals surface area (Å²) in [5.74, 6) is 1.15. The lowest BCUT2D eigenvalue weighted by Gasteiger charge is -2.11. The van der Waals surface area contributed by atoms with Crippen LogP contribution in [-0.2, 0) is 6.54 Å². The van der Waals surface area contributed by atoms with E-state index in [1.54, 1.807) is 0 Å². The van der Waals surface area contributed by atoms with Gasteiger partial charge in [0.05, 0.1) is 17.6 Å². The highest BCUT2D eigenvalue weighted by Crippen LogP contribution is 2.40. The van der Waals surface area contributed by atoms with Crippen LogP contribution in [0.4, 0.5) is 0 Å². The molecule has 9 rings (SSSR count). The molecule has 7 aromatic carbocycles. The van der Waals surface area contributed by atoms with Crippen LogP contribution >= 0.6 is 11.3 Å². The standard InChI is InChI=1S/C46H32N4S/c1-47-45(49-46(32-16-6-3-7-17-32)48-30-31-14-4-2-5-15-31)35-20-12-18-33(26-35)34-19-13-21-36(27-34)50-41-24-10-8-22-37(41)39-28-40-38-23-9-11-25-43(38)51-44(40)29-42(39)50/h2-29H,1,30H2/b48-46-,49-45-. The summed E-state index contributed by atoms with van der Waals surface area (Å²) in [6.45, 7) is 4.42. The van der Waals surface area contributed by atoms with Gasteiger partial charge in [-0.1, -0.05) is 127 Å². The molecule has 0 amide bonds. The van der Waals surface area contributed by atoms with E-state index in [1.165, 1.54) is 42.0 Å². The molecule has 242 valence electrons. The van der Waals surface area contributed by atoms with Crippen molar-refractivity contribution in [1.29, 1.82) is 0 Å². The molecule has 0 aliphatic heterocycles. The second kappa shape index (κ2) is 13.1. The SMILES string of the molecule is C=N/C(=N\C(=N/Cc1ccccc1)c1ccccc1)c1cccc(-c2cccc(-n3c4ccccc4c4cc5c(cc43)sc3ccccc35)c2)c1. The summed E-state index contributed by atoms with van der Waals surface area (Å²) in [5.41, 5.74) is 8.60. The molecule has 0 saturated carbocycles. The third-order valence-corrected chi connectivity index (χ3v) is 10.5. The minimum absolute atomic E-state index is 0.517. The minimum Gasteiger partial charge on any atom is -0.309 e. The first kappa shape index (κ1) is 30.6. The zero-order chi connectivity index (χ0) is 34.1. The number of amidine groups is 2. The number of thiophene rings is 1. The van der Waals surface area contributed by atoms with Crippen LogP contribution in [0.2, 0.25) is 0 Å². The molecule has 0 unspecified atom stereocenters. The summed E-state index contributed by atoms with van der Waals surface area (Å²) in [5, 5.41) is 5.13. The van der Waals surface area contributed by atoms with Crippen LogP contribution in [0.3, 0.4) is 0 Å². The third kappa shape index (κ3) is 5.74. The Labute approximate surface area is 300 Å². The van der Waals surface area contributed by atoms with Crippen molar-refractivity contribution < 1.29 is 0 Å². The summed E-state index contributed by atoms with van der Waals surface area (Å²) >= 11 is 1.85. The van der Waals surface area contributed by atoms with E-state index >= 15 is 0 Å². The van der Waals surface area contributed by atoms with Crippen molar-refractivity contribution in [2.24, 2.45) is 15.0 Å². The molecule has 0 N–H and O–H groups in total. The molecule has 4 nitrogen and oxygen atoms in total. The fraction of sp³-hybridized carbons (Fsp3) is 0.0217. The molecule has 9 aromatic rings. The smallest absolute Gasteiger partial charge is 0.161 e. The Morgan fingerprint density at radius 1 is 0.510 bits per heavy atom. The summed E-state index contributed by atoms with van der Waals surface area (Å²) in [6.07, 6.45) is 0. The van der Waals surface area contributed by atoms with Gasteiger partial charge in [0.2, 0.25) is 0 Å². The maximum atomic E-state index is 4.99. The lowest BCUT2D eigenvalue weighted by molar-refractivity contribution is 1.06. The molecule has 0 aliphatic rings. The number of aliphatic imine (C=N–C) groups is 3. The Kier molecular flexibility index (Phi) is 7.88. The molecule has 0 aliphatic carbocycles. The highest BCUT2D eigenvalue weighted by Gasteiger charge is 2.16. The minimum atomic E-state index is 0.517. The van der Waals surface area contributed by atoms with Crippen molar-refractivity contribution in [1.82, 2.24) is 4.57 Å². The summed E-state index contributed by atoms with van der Waals surface area (Å²) in [7, 11) is 0. The molecule has 0 fully saturated rings. The first-order valence-electron chi connectivity index (χ1n) is 17.0. The lowest BCUT2D eigenvalue weighted by Crippen LogP contribution is -2.05. The van der Waals surface area contributed by atoms with Gasteiger partial charge in [-0.3, -0.25) is 4.99 Å². The molecule has 0 atom stereocenters. The van der Waals surface area contributed by atoms with Crippen molar-refractivity contribution in [2.45, 2.75) is 6.54 Å². The monoisotopic (exact) mass is 672 g/mol. The van der Waals surface area contributed by atoms with Gasteiger partial charge in [-0.05, 0) is 65.9 Å². The number of aromatic nitrogens is 1. The number of benzene rings is 7. The van der Waals surface area contributed by atoms with Crippen LogP contribution in [-0.4, -0.2) is 23.0 Å². The van der Waals surface area contributed by atoms with E-state index in [1.807, 2.05) is 65.9 Å². The molecule has 2 heterocycles. The van der Waals surface area contributed by atoms with E-state index in [9.17, 15) is 0 Å². The van der Waals surface area contributed by atoms with Gasteiger partial charge < -0.3 is 4.57 Å². The Balaban J connectivity index is 1.13. The van der Waals surface area contributed by atoms with E-state index < -0.39 is 0 Å². The number of hydrogen-bond acceptors (Lipinski definition) is 2. The first-order chi connectivity index (χ1) is 25.2. The van der Waals surface area contributed by atoms with E-state index in [4.69, 9.17) is 9.98 Å². The topological polar surface area (TPSA) is 42.0 Å². The second-order valence-electron chi connectivity index (χ2n) is 12.5. The van der Waals surface area contributed by atoms with E-state index in [0.29, 0.717) is 18.2 Å². The summed E-state index contributed by atoms with van der Waals surface area (Å²) < 4.78 is 5.01. The fourth-order valence-electron chi connectivity index (χ4n) is 6.95. The highest BCUT2D eigenvalue weighted by molar-refractivity contribution is 7.25. The van der Waals surface area contributed by atoms with Gasteiger partial charge in [-0.25, -0.2) is 9.98 Å². The largest absolute Gasteiger partial charge is 0.309 e. The zero-order valence-electron chi connectivity index (χ0n) is 27.8. The van der Waals surface area contributed by atoms with Crippen LogP contribution < -0.4 is 0 Å². The summed E-state index contributed by atoms with van der Waals surface area (Å²) in [6, 6.07) is 59.5. The molecule has 2 aromatic heterocycles. The quantitative estimate of drug-likeness (QED) is 0.125. The van der Waals surface area contributed by atoms with Crippen LogP contribution in [0.5, 0.6) is 0 Å². The molecule has 0 radical (unpaired) electrons. The van der Waals surface area contributed by atoms with Crippen molar-refractivity contribution >= 4 is 71.7 Å². The molecule has 51 heavy (non-hydrogen) atoms. The average Bonchev–Trinajstić information content (AvgIpc) is 3.72. The molecule has 0 spiro atoms. The van der Waals surface area contributed by atoms with Gasteiger partial charge in [-0.15, -0.1) is 11.3 Å².